The Bertz CT molecular complexity index is 1280. The van der Waals surface area contributed by atoms with Gasteiger partial charge >= 0.3 is 0 Å². The number of benzene rings is 2. The molecule has 1 aliphatic heterocycles. The second-order valence-electron chi connectivity index (χ2n) is 7.40. The number of aliphatic hydroxyl groups is 1. The molecule has 1 N–H and O–H groups in total. The van der Waals surface area contributed by atoms with E-state index < -0.39 is 11.9 Å². The molecule has 32 heavy (non-hydrogen) atoms. The van der Waals surface area contributed by atoms with Crippen molar-refractivity contribution in [2.24, 2.45) is 0 Å². The zero-order valence-corrected chi connectivity index (χ0v) is 17.7. The lowest BCUT2D eigenvalue weighted by Crippen LogP contribution is -2.36. The summed E-state index contributed by atoms with van der Waals surface area (Å²) in [6, 6.07) is 10.2. The van der Waals surface area contributed by atoms with Crippen LogP contribution < -0.4 is 4.90 Å². The van der Waals surface area contributed by atoms with Crippen LogP contribution in [0.15, 0.2) is 55.1 Å². The number of hydrogen-bond donors (Lipinski definition) is 1. The van der Waals surface area contributed by atoms with Crippen molar-refractivity contribution in [3.05, 3.63) is 77.3 Å². The molecule has 0 bridgehead atoms. The summed E-state index contributed by atoms with van der Waals surface area (Å²) < 4.78 is 20.3. The monoisotopic (exact) mass is 451 g/mol. The molecule has 2 aromatic carbocycles. The number of hydrogen-bond acceptors (Lipinski definition) is 7. The van der Waals surface area contributed by atoms with E-state index in [2.05, 4.69) is 24.8 Å². The molecule has 1 fully saturated rings. The van der Waals surface area contributed by atoms with Gasteiger partial charge in [-0.1, -0.05) is 17.7 Å². The molecule has 0 aliphatic carbocycles. The number of halogens is 2. The lowest BCUT2D eigenvalue weighted by atomic mass is 9.99. The fourth-order valence-corrected chi connectivity index (χ4v) is 4.05. The van der Waals surface area contributed by atoms with Gasteiger partial charge in [0.2, 0.25) is 0 Å². The number of ether oxygens (including phenoxy) is 1. The molecule has 3 heterocycles. The Kier molecular flexibility index (Phi) is 5.65. The van der Waals surface area contributed by atoms with Gasteiger partial charge in [-0.05, 0) is 35.9 Å². The molecule has 0 amide bonds. The van der Waals surface area contributed by atoms with Crippen LogP contribution in [-0.4, -0.2) is 51.3 Å². The highest BCUT2D eigenvalue weighted by atomic mass is 35.5. The molecule has 9 heteroatoms. The van der Waals surface area contributed by atoms with Crippen molar-refractivity contribution in [2.45, 2.75) is 6.10 Å². The van der Waals surface area contributed by atoms with Gasteiger partial charge in [0.1, 0.15) is 23.9 Å². The summed E-state index contributed by atoms with van der Waals surface area (Å²) >= 11 is 6.07. The van der Waals surface area contributed by atoms with Gasteiger partial charge in [-0.15, -0.1) is 0 Å². The zero-order chi connectivity index (χ0) is 22.1. The van der Waals surface area contributed by atoms with Crippen molar-refractivity contribution in [3.63, 3.8) is 0 Å². The number of aliphatic hydroxyl groups excluding tert-OH is 1. The van der Waals surface area contributed by atoms with E-state index in [0.717, 1.165) is 18.8 Å². The van der Waals surface area contributed by atoms with E-state index in [1.165, 1.54) is 30.9 Å². The maximum absolute atomic E-state index is 14.9. The van der Waals surface area contributed by atoms with E-state index >= 15 is 0 Å². The SMILES string of the molecule is O[C@@H](c1ccc(F)c(-c2ncnc3cc(N4CCOCC4)ccc23)c1)c1nccnc1Cl. The first-order chi connectivity index (χ1) is 15.6. The van der Waals surface area contributed by atoms with E-state index in [0.29, 0.717) is 35.4 Å². The average Bonchev–Trinajstić information content (AvgIpc) is 2.84. The maximum Gasteiger partial charge on any atom is 0.153 e. The van der Waals surface area contributed by atoms with Crippen LogP contribution in [0.2, 0.25) is 5.15 Å². The van der Waals surface area contributed by atoms with Crippen molar-refractivity contribution < 1.29 is 14.2 Å². The number of anilines is 1. The van der Waals surface area contributed by atoms with E-state index in [1.807, 2.05) is 18.2 Å². The number of rotatable bonds is 4. The molecule has 2 aromatic heterocycles. The second kappa shape index (κ2) is 8.74. The summed E-state index contributed by atoms with van der Waals surface area (Å²) in [6.45, 7) is 2.98. The minimum atomic E-state index is -1.16. The molecule has 1 aliphatic rings. The van der Waals surface area contributed by atoms with Crippen molar-refractivity contribution >= 4 is 28.2 Å². The van der Waals surface area contributed by atoms with Crippen LogP contribution >= 0.6 is 11.6 Å². The van der Waals surface area contributed by atoms with Crippen LogP contribution in [0.5, 0.6) is 0 Å². The summed E-state index contributed by atoms with van der Waals surface area (Å²) in [5, 5.41) is 11.6. The molecule has 0 radical (unpaired) electrons. The Hall–Kier alpha value is -3.20. The topological polar surface area (TPSA) is 84.3 Å². The molecular formula is C23H19ClFN5O2. The van der Waals surface area contributed by atoms with Crippen LogP contribution in [0.4, 0.5) is 10.1 Å². The summed E-state index contributed by atoms with van der Waals surface area (Å²) in [5.41, 5.74) is 3.08. The maximum atomic E-state index is 14.9. The predicted octanol–water partition coefficient (Wildman–Crippen LogP) is 3.80. The van der Waals surface area contributed by atoms with Gasteiger partial charge in [-0.2, -0.15) is 0 Å². The average molecular weight is 452 g/mol. The fraction of sp³-hybridized carbons (Fsp3) is 0.217. The summed E-state index contributed by atoms with van der Waals surface area (Å²) in [7, 11) is 0. The summed E-state index contributed by atoms with van der Waals surface area (Å²) in [5.74, 6) is -0.455. The normalized spacial score (nSPS) is 15.2. The minimum Gasteiger partial charge on any atom is -0.382 e. The fourth-order valence-electron chi connectivity index (χ4n) is 3.85. The van der Waals surface area contributed by atoms with E-state index in [9.17, 15) is 9.50 Å². The first-order valence-electron chi connectivity index (χ1n) is 10.1. The summed E-state index contributed by atoms with van der Waals surface area (Å²) in [4.78, 5) is 19.0. The molecule has 4 aromatic rings. The third-order valence-electron chi connectivity index (χ3n) is 5.50. The lowest BCUT2D eigenvalue weighted by molar-refractivity contribution is 0.122. The number of nitrogens with zero attached hydrogens (tertiary/aromatic N) is 5. The molecule has 0 saturated carbocycles. The van der Waals surface area contributed by atoms with Crippen LogP contribution in [0.25, 0.3) is 22.2 Å². The quantitative estimate of drug-likeness (QED) is 0.505. The number of fused-ring (bicyclic) bond motifs is 1. The van der Waals surface area contributed by atoms with Crippen LogP contribution in [-0.2, 0) is 4.74 Å². The van der Waals surface area contributed by atoms with Crippen LogP contribution in [0.3, 0.4) is 0 Å². The second-order valence-corrected chi connectivity index (χ2v) is 7.76. The third kappa shape index (κ3) is 3.88. The van der Waals surface area contributed by atoms with Gasteiger partial charge in [-0.3, -0.25) is 4.98 Å². The van der Waals surface area contributed by atoms with Crippen molar-refractivity contribution in [2.75, 3.05) is 31.2 Å². The Morgan fingerprint density at radius 3 is 2.62 bits per heavy atom. The smallest absolute Gasteiger partial charge is 0.153 e. The predicted molar refractivity (Wildman–Crippen MR) is 119 cm³/mol. The lowest BCUT2D eigenvalue weighted by Gasteiger charge is -2.29. The van der Waals surface area contributed by atoms with E-state index in [4.69, 9.17) is 16.3 Å². The zero-order valence-electron chi connectivity index (χ0n) is 16.9. The molecule has 1 atom stereocenters. The van der Waals surface area contributed by atoms with Gasteiger partial charge in [-0.25, -0.2) is 19.3 Å². The summed E-state index contributed by atoms with van der Waals surface area (Å²) in [6.07, 6.45) is 3.14. The van der Waals surface area contributed by atoms with Crippen molar-refractivity contribution in [1.82, 2.24) is 19.9 Å². The molecule has 5 rings (SSSR count). The number of morpholine rings is 1. The van der Waals surface area contributed by atoms with Gasteiger partial charge in [0, 0.05) is 42.1 Å². The van der Waals surface area contributed by atoms with Crippen molar-refractivity contribution in [3.8, 4) is 11.3 Å². The van der Waals surface area contributed by atoms with E-state index in [1.54, 1.807) is 6.07 Å². The third-order valence-corrected chi connectivity index (χ3v) is 5.79. The molecule has 7 nitrogen and oxygen atoms in total. The highest BCUT2D eigenvalue weighted by Crippen LogP contribution is 2.33. The molecule has 0 unspecified atom stereocenters. The van der Waals surface area contributed by atoms with E-state index in [-0.39, 0.29) is 16.4 Å². The van der Waals surface area contributed by atoms with Gasteiger partial charge in [0.15, 0.2) is 5.15 Å². The molecule has 1 saturated heterocycles. The first-order valence-corrected chi connectivity index (χ1v) is 10.5. The van der Waals surface area contributed by atoms with Crippen LogP contribution in [0, 0.1) is 5.82 Å². The highest BCUT2D eigenvalue weighted by molar-refractivity contribution is 6.30. The Morgan fingerprint density at radius 1 is 1.00 bits per heavy atom. The molecule has 162 valence electrons. The Morgan fingerprint density at radius 2 is 1.81 bits per heavy atom. The molecule has 0 spiro atoms. The largest absolute Gasteiger partial charge is 0.382 e. The van der Waals surface area contributed by atoms with Gasteiger partial charge < -0.3 is 14.7 Å². The number of aromatic nitrogens is 4. The van der Waals surface area contributed by atoms with Crippen molar-refractivity contribution in [1.29, 1.82) is 0 Å². The minimum absolute atomic E-state index is 0.0917. The Balaban J connectivity index is 1.56. The highest BCUT2D eigenvalue weighted by Gasteiger charge is 2.20. The Labute approximate surface area is 188 Å². The first kappa shape index (κ1) is 20.7. The molecular weight excluding hydrogens is 433 g/mol. The van der Waals surface area contributed by atoms with Gasteiger partial charge in [0.25, 0.3) is 0 Å². The standard InChI is InChI=1S/C23H19ClFN5O2/c24-23-21(26-5-6-27-23)22(31)14-1-4-18(25)17(11-14)20-16-3-2-15(12-19(16)28-13-29-20)30-7-9-32-10-8-30/h1-6,11-13,22,31H,7-10H2/t22-/m0/s1. The van der Waals surface area contributed by atoms with Crippen LogP contribution in [0.1, 0.15) is 17.4 Å². The van der Waals surface area contributed by atoms with Gasteiger partial charge in [0.05, 0.1) is 24.4 Å².